The second-order valence-corrected chi connectivity index (χ2v) is 4.65. The molecule has 0 saturated carbocycles. The zero-order valence-electron chi connectivity index (χ0n) is 9.41. The highest BCUT2D eigenvalue weighted by Gasteiger charge is 2.26. The molecule has 2 heterocycles. The van der Waals surface area contributed by atoms with Crippen LogP contribution in [0.3, 0.4) is 0 Å². The number of para-hydroxylation sites is 2. The lowest BCUT2D eigenvalue weighted by Crippen LogP contribution is -2.42. The maximum absolute atomic E-state index is 5.56. The Bertz CT molecular complexity index is 361. The monoisotopic (exact) mass is 218 g/mol. The molecule has 1 fully saturated rings. The Kier molecular flexibility index (Phi) is 2.70. The second-order valence-electron chi connectivity index (χ2n) is 4.65. The Labute approximate surface area is 96.2 Å². The fourth-order valence-corrected chi connectivity index (χ4v) is 2.60. The number of benzene rings is 1. The number of hydrogen-bond acceptors (Lipinski definition) is 3. The lowest BCUT2D eigenvalue weighted by molar-refractivity contribution is 0.0488. The van der Waals surface area contributed by atoms with Gasteiger partial charge in [-0.2, -0.15) is 0 Å². The van der Waals surface area contributed by atoms with Gasteiger partial charge in [-0.3, -0.25) is 0 Å². The van der Waals surface area contributed by atoms with E-state index in [1.54, 1.807) is 0 Å². The Morgan fingerprint density at radius 2 is 2.06 bits per heavy atom. The zero-order chi connectivity index (χ0) is 10.8. The normalized spacial score (nSPS) is 28.8. The standard InChI is InChI=1S/C13H18N2O/c1-2-6-12-11(5-1)14-8-13(15-12)10-4-3-7-16-9-10/h1-2,5-6,10,13-15H,3-4,7-9H2. The summed E-state index contributed by atoms with van der Waals surface area (Å²) in [6.07, 6.45) is 2.48. The number of rotatable bonds is 1. The maximum Gasteiger partial charge on any atom is 0.0578 e. The number of hydrogen-bond donors (Lipinski definition) is 2. The molecule has 0 aliphatic carbocycles. The summed E-state index contributed by atoms with van der Waals surface area (Å²) >= 11 is 0. The first kappa shape index (κ1) is 9.97. The Hall–Kier alpha value is -1.22. The van der Waals surface area contributed by atoms with Crippen molar-refractivity contribution in [1.82, 2.24) is 0 Å². The molecule has 2 unspecified atom stereocenters. The van der Waals surface area contributed by atoms with Gasteiger partial charge < -0.3 is 15.4 Å². The molecule has 0 radical (unpaired) electrons. The number of anilines is 2. The number of ether oxygens (including phenoxy) is 1. The van der Waals surface area contributed by atoms with Gasteiger partial charge >= 0.3 is 0 Å². The van der Waals surface area contributed by atoms with Gasteiger partial charge in [-0.15, -0.1) is 0 Å². The summed E-state index contributed by atoms with van der Waals surface area (Å²) in [5.41, 5.74) is 2.44. The van der Waals surface area contributed by atoms with Crippen LogP contribution in [-0.4, -0.2) is 25.8 Å². The predicted molar refractivity (Wildman–Crippen MR) is 65.9 cm³/mol. The van der Waals surface area contributed by atoms with Crippen LogP contribution in [0.2, 0.25) is 0 Å². The van der Waals surface area contributed by atoms with Crippen molar-refractivity contribution >= 4 is 11.4 Å². The molecule has 2 N–H and O–H groups in total. The predicted octanol–water partition coefficient (Wildman–Crippen LogP) is 2.32. The first-order valence-electron chi connectivity index (χ1n) is 6.11. The molecule has 1 saturated heterocycles. The summed E-state index contributed by atoms with van der Waals surface area (Å²) in [4.78, 5) is 0. The summed E-state index contributed by atoms with van der Waals surface area (Å²) < 4.78 is 5.56. The smallest absolute Gasteiger partial charge is 0.0578 e. The minimum absolute atomic E-state index is 0.509. The van der Waals surface area contributed by atoms with Crippen LogP contribution in [0.5, 0.6) is 0 Å². The largest absolute Gasteiger partial charge is 0.381 e. The van der Waals surface area contributed by atoms with Crippen molar-refractivity contribution in [3.8, 4) is 0 Å². The van der Waals surface area contributed by atoms with E-state index in [1.165, 1.54) is 24.2 Å². The first-order chi connectivity index (χ1) is 7.93. The van der Waals surface area contributed by atoms with Crippen LogP contribution < -0.4 is 10.6 Å². The van der Waals surface area contributed by atoms with Gasteiger partial charge in [0.2, 0.25) is 0 Å². The Balaban J connectivity index is 1.72. The minimum atomic E-state index is 0.509. The molecule has 1 aromatic carbocycles. The fraction of sp³-hybridized carbons (Fsp3) is 0.538. The Morgan fingerprint density at radius 1 is 1.19 bits per heavy atom. The van der Waals surface area contributed by atoms with E-state index in [9.17, 15) is 0 Å². The molecular weight excluding hydrogens is 200 g/mol. The molecule has 0 spiro atoms. The van der Waals surface area contributed by atoms with E-state index in [2.05, 4.69) is 34.9 Å². The third-order valence-corrected chi connectivity index (χ3v) is 3.54. The van der Waals surface area contributed by atoms with E-state index < -0.39 is 0 Å². The van der Waals surface area contributed by atoms with Gasteiger partial charge in [-0.25, -0.2) is 0 Å². The molecule has 16 heavy (non-hydrogen) atoms. The molecular formula is C13H18N2O. The molecule has 3 rings (SSSR count). The molecule has 2 aliphatic rings. The molecule has 3 heteroatoms. The van der Waals surface area contributed by atoms with Crippen LogP contribution in [0.1, 0.15) is 12.8 Å². The third-order valence-electron chi connectivity index (χ3n) is 3.54. The molecule has 0 amide bonds. The van der Waals surface area contributed by atoms with Gasteiger partial charge in [-0.1, -0.05) is 12.1 Å². The summed E-state index contributed by atoms with van der Waals surface area (Å²) in [6.45, 7) is 2.85. The lowest BCUT2D eigenvalue weighted by Gasteiger charge is -2.35. The van der Waals surface area contributed by atoms with Gasteiger partial charge in [0.15, 0.2) is 0 Å². The summed E-state index contributed by atoms with van der Waals surface area (Å²) in [6, 6.07) is 8.91. The van der Waals surface area contributed by atoms with Crippen LogP contribution in [0.25, 0.3) is 0 Å². The quantitative estimate of drug-likeness (QED) is 0.759. The van der Waals surface area contributed by atoms with Crippen LogP contribution >= 0.6 is 0 Å². The summed E-state index contributed by atoms with van der Waals surface area (Å²) in [7, 11) is 0. The van der Waals surface area contributed by atoms with E-state index in [0.717, 1.165) is 19.8 Å². The fourth-order valence-electron chi connectivity index (χ4n) is 2.60. The van der Waals surface area contributed by atoms with E-state index in [0.29, 0.717) is 12.0 Å². The van der Waals surface area contributed by atoms with Gasteiger partial charge in [-0.05, 0) is 25.0 Å². The van der Waals surface area contributed by atoms with Crippen LogP contribution in [-0.2, 0) is 4.74 Å². The highest BCUT2D eigenvalue weighted by atomic mass is 16.5. The van der Waals surface area contributed by atoms with Gasteiger partial charge in [0.05, 0.1) is 18.0 Å². The van der Waals surface area contributed by atoms with E-state index in [4.69, 9.17) is 4.74 Å². The summed E-state index contributed by atoms with van der Waals surface area (Å²) in [5, 5.41) is 7.12. The van der Waals surface area contributed by atoms with Crippen LogP contribution in [0.15, 0.2) is 24.3 Å². The molecule has 86 valence electrons. The average Bonchev–Trinajstić information content (AvgIpc) is 2.39. The molecule has 1 aromatic rings. The van der Waals surface area contributed by atoms with Crippen molar-refractivity contribution in [2.75, 3.05) is 30.4 Å². The van der Waals surface area contributed by atoms with Crippen molar-refractivity contribution in [3.05, 3.63) is 24.3 Å². The van der Waals surface area contributed by atoms with Gasteiger partial charge in [0, 0.05) is 25.1 Å². The molecule has 0 aromatic heterocycles. The minimum Gasteiger partial charge on any atom is -0.381 e. The Morgan fingerprint density at radius 3 is 2.88 bits per heavy atom. The number of fused-ring (bicyclic) bond motifs is 1. The van der Waals surface area contributed by atoms with Crippen molar-refractivity contribution in [3.63, 3.8) is 0 Å². The van der Waals surface area contributed by atoms with Crippen molar-refractivity contribution < 1.29 is 4.74 Å². The van der Waals surface area contributed by atoms with E-state index >= 15 is 0 Å². The number of nitrogens with one attached hydrogen (secondary N) is 2. The first-order valence-corrected chi connectivity index (χ1v) is 6.11. The molecule has 3 nitrogen and oxygen atoms in total. The lowest BCUT2D eigenvalue weighted by atomic mass is 9.92. The SMILES string of the molecule is c1ccc2c(c1)NCC(C1CCCOC1)N2. The summed E-state index contributed by atoms with van der Waals surface area (Å²) in [5.74, 6) is 0.648. The maximum atomic E-state index is 5.56. The van der Waals surface area contributed by atoms with Crippen molar-refractivity contribution in [1.29, 1.82) is 0 Å². The molecule has 0 bridgehead atoms. The van der Waals surface area contributed by atoms with E-state index in [-0.39, 0.29) is 0 Å². The molecule has 2 aliphatic heterocycles. The van der Waals surface area contributed by atoms with Gasteiger partial charge in [0.25, 0.3) is 0 Å². The average molecular weight is 218 g/mol. The topological polar surface area (TPSA) is 33.3 Å². The highest BCUT2D eigenvalue weighted by molar-refractivity contribution is 5.71. The second kappa shape index (κ2) is 4.34. The molecule has 2 atom stereocenters. The highest BCUT2D eigenvalue weighted by Crippen LogP contribution is 2.29. The van der Waals surface area contributed by atoms with Crippen LogP contribution in [0.4, 0.5) is 11.4 Å². The van der Waals surface area contributed by atoms with Crippen molar-refractivity contribution in [2.45, 2.75) is 18.9 Å². The van der Waals surface area contributed by atoms with E-state index in [1.807, 2.05) is 0 Å². The third kappa shape index (κ3) is 1.87. The zero-order valence-corrected chi connectivity index (χ0v) is 9.41. The van der Waals surface area contributed by atoms with Crippen molar-refractivity contribution in [2.24, 2.45) is 5.92 Å². The van der Waals surface area contributed by atoms with Gasteiger partial charge in [0.1, 0.15) is 0 Å². The van der Waals surface area contributed by atoms with Crippen LogP contribution in [0, 0.1) is 5.92 Å².